The summed E-state index contributed by atoms with van der Waals surface area (Å²) in [6.45, 7) is 6.08. The fourth-order valence-corrected chi connectivity index (χ4v) is 2.87. The fraction of sp³-hybridized carbons (Fsp3) is 0.353. The van der Waals surface area contributed by atoms with Gasteiger partial charge in [-0.2, -0.15) is 4.98 Å². The van der Waals surface area contributed by atoms with Gasteiger partial charge < -0.3 is 4.52 Å². The number of nitrogens with zero attached hydrogens (tertiary/aromatic N) is 3. The molecular formula is C17H17BrFN3O2. The molecule has 0 amide bonds. The molecule has 3 aromatic rings. The number of fused-ring (bicyclic) bond motifs is 1. The number of alkyl halides is 1. The second-order valence-corrected chi connectivity index (χ2v) is 7.07. The molecule has 7 heteroatoms. The van der Waals surface area contributed by atoms with Gasteiger partial charge in [0.25, 0.3) is 11.3 Å². The maximum absolute atomic E-state index is 13.1. The second-order valence-electron chi connectivity index (χ2n) is 6.08. The van der Waals surface area contributed by atoms with Crippen molar-refractivity contribution in [2.45, 2.75) is 32.1 Å². The molecule has 0 radical (unpaired) electrons. The topological polar surface area (TPSA) is 60.9 Å². The summed E-state index contributed by atoms with van der Waals surface area (Å²) in [6, 6.07) is 6.08. The van der Waals surface area contributed by atoms with Crippen molar-refractivity contribution in [2.75, 3.05) is 0 Å². The first-order valence-electron chi connectivity index (χ1n) is 7.63. The van der Waals surface area contributed by atoms with E-state index in [1.54, 1.807) is 23.6 Å². The van der Waals surface area contributed by atoms with Crippen molar-refractivity contribution in [1.29, 1.82) is 0 Å². The monoisotopic (exact) mass is 393 g/mol. The Morgan fingerprint density at radius 3 is 2.58 bits per heavy atom. The first-order valence-corrected chi connectivity index (χ1v) is 8.55. The molecular weight excluding hydrogens is 377 g/mol. The van der Waals surface area contributed by atoms with Crippen LogP contribution in [-0.2, 0) is 6.54 Å². The van der Waals surface area contributed by atoms with Crippen molar-refractivity contribution >= 4 is 27.0 Å². The van der Waals surface area contributed by atoms with Gasteiger partial charge in [0.05, 0.1) is 17.1 Å². The number of aromatic nitrogens is 3. The zero-order valence-corrected chi connectivity index (χ0v) is 15.2. The van der Waals surface area contributed by atoms with Crippen LogP contribution < -0.4 is 5.56 Å². The van der Waals surface area contributed by atoms with Crippen molar-refractivity contribution in [3.8, 4) is 0 Å². The van der Waals surface area contributed by atoms with Gasteiger partial charge in [-0.25, -0.2) is 4.39 Å². The third-order valence-electron chi connectivity index (χ3n) is 3.88. The van der Waals surface area contributed by atoms with Crippen LogP contribution in [0, 0.1) is 18.7 Å². The van der Waals surface area contributed by atoms with Gasteiger partial charge >= 0.3 is 0 Å². The van der Waals surface area contributed by atoms with Crippen molar-refractivity contribution in [1.82, 2.24) is 14.7 Å². The quantitative estimate of drug-likeness (QED) is 0.629. The van der Waals surface area contributed by atoms with Gasteiger partial charge in [0.1, 0.15) is 17.0 Å². The van der Waals surface area contributed by atoms with Crippen molar-refractivity contribution < 1.29 is 8.91 Å². The highest BCUT2D eigenvalue weighted by Crippen LogP contribution is 2.30. The van der Waals surface area contributed by atoms with E-state index in [0.29, 0.717) is 23.4 Å². The number of rotatable bonds is 4. The van der Waals surface area contributed by atoms with Gasteiger partial charge in [-0.1, -0.05) is 47.1 Å². The number of hydrogen-bond donors (Lipinski definition) is 0. The molecule has 0 aliphatic heterocycles. The third-order valence-corrected chi connectivity index (χ3v) is 5.35. The summed E-state index contributed by atoms with van der Waals surface area (Å²) in [5.74, 6) is 0.483. The van der Waals surface area contributed by atoms with Crippen LogP contribution in [0.3, 0.4) is 0 Å². The molecule has 0 saturated carbocycles. The minimum Gasteiger partial charge on any atom is -0.335 e. The number of benzene rings is 1. The summed E-state index contributed by atoms with van der Waals surface area (Å²) in [6.07, 6.45) is 0. The van der Waals surface area contributed by atoms with Crippen molar-refractivity contribution in [3.63, 3.8) is 0 Å². The van der Waals surface area contributed by atoms with Crippen LogP contribution in [0.4, 0.5) is 4.39 Å². The van der Waals surface area contributed by atoms with Crippen LogP contribution in [0.2, 0.25) is 0 Å². The van der Waals surface area contributed by atoms with Gasteiger partial charge in [0.2, 0.25) is 0 Å². The van der Waals surface area contributed by atoms with Gasteiger partial charge in [0.15, 0.2) is 0 Å². The summed E-state index contributed by atoms with van der Waals surface area (Å²) in [5, 5.41) is 4.22. The molecule has 0 aliphatic rings. The Labute approximate surface area is 146 Å². The standard InChI is InChI=1S/C17H17BrFN3O2/c1-9(2)14(18)15-20-16-13(10(3)21-24-16)17(23)22(15)8-11-4-6-12(19)7-5-11/h4-7,9,14H,8H2,1-3H3. The van der Waals surface area contributed by atoms with Gasteiger partial charge in [-0.15, -0.1) is 0 Å². The van der Waals surface area contributed by atoms with Gasteiger partial charge in [0, 0.05) is 0 Å². The normalized spacial score (nSPS) is 12.9. The van der Waals surface area contributed by atoms with E-state index in [1.165, 1.54) is 12.1 Å². The SMILES string of the molecule is Cc1noc2nc(C(Br)C(C)C)n(Cc3ccc(F)cc3)c(=O)c12. The highest BCUT2D eigenvalue weighted by molar-refractivity contribution is 9.09. The van der Waals surface area contributed by atoms with Crippen molar-refractivity contribution in [3.05, 3.63) is 57.5 Å². The Bertz CT molecular complexity index is 931. The third kappa shape index (κ3) is 3.00. The highest BCUT2D eigenvalue weighted by Gasteiger charge is 2.23. The molecule has 24 heavy (non-hydrogen) atoms. The Kier molecular flexibility index (Phi) is 4.54. The summed E-state index contributed by atoms with van der Waals surface area (Å²) < 4.78 is 19.9. The Morgan fingerprint density at radius 1 is 1.29 bits per heavy atom. The lowest BCUT2D eigenvalue weighted by Gasteiger charge is -2.18. The molecule has 0 N–H and O–H groups in total. The zero-order chi connectivity index (χ0) is 17.4. The molecule has 126 valence electrons. The maximum Gasteiger partial charge on any atom is 0.267 e. The Balaban J connectivity index is 2.20. The van der Waals surface area contributed by atoms with Crippen LogP contribution in [-0.4, -0.2) is 14.7 Å². The number of halogens is 2. The molecule has 1 aromatic carbocycles. The predicted molar refractivity (Wildman–Crippen MR) is 92.8 cm³/mol. The number of hydrogen-bond acceptors (Lipinski definition) is 4. The summed E-state index contributed by atoms with van der Waals surface area (Å²) in [7, 11) is 0. The minimum atomic E-state index is -0.310. The molecule has 0 bridgehead atoms. The fourth-order valence-electron chi connectivity index (χ4n) is 2.52. The molecule has 3 rings (SSSR count). The molecule has 0 fully saturated rings. The molecule has 2 heterocycles. The van der Waals surface area contributed by atoms with Crippen LogP contribution in [0.15, 0.2) is 33.6 Å². The van der Waals surface area contributed by atoms with Gasteiger partial charge in [-0.3, -0.25) is 9.36 Å². The molecule has 0 aliphatic carbocycles. The summed E-state index contributed by atoms with van der Waals surface area (Å²) in [5.41, 5.74) is 1.37. The molecule has 0 spiro atoms. The summed E-state index contributed by atoms with van der Waals surface area (Å²) in [4.78, 5) is 17.3. The van der Waals surface area contributed by atoms with E-state index < -0.39 is 0 Å². The lowest BCUT2D eigenvalue weighted by molar-refractivity contribution is 0.439. The molecule has 0 saturated heterocycles. The first kappa shape index (κ1) is 16.8. The van der Waals surface area contributed by atoms with E-state index in [-0.39, 0.29) is 27.8 Å². The lowest BCUT2D eigenvalue weighted by Crippen LogP contribution is -2.27. The highest BCUT2D eigenvalue weighted by atomic mass is 79.9. The summed E-state index contributed by atoms with van der Waals surface area (Å²) >= 11 is 3.61. The average molecular weight is 394 g/mol. The molecule has 1 unspecified atom stereocenters. The molecule has 5 nitrogen and oxygen atoms in total. The van der Waals surface area contributed by atoms with Crippen LogP contribution in [0.1, 0.15) is 35.8 Å². The van der Waals surface area contributed by atoms with Gasteiger partial charge in [-0.05, 0) is 30.5 Å². The van der Waals surface area contributed by atoms with Crippen molar-refractivity contribution in [2.24, 2.45) is 5.92 Å². The molecule has 2 aromatic heterocycles. The van der Waals surface area contributed by atoms with E-state index >= 15 is 0 Å². The minimum absolute atomic E-state index is 0.125. The van der Waals surface area contributed by atoms with Crippen LogP contribution >= 0.6 is 15.9 Å². The smallest absolute Gasteiger partial charge is 0.267 e. The van der Waals surface area contributed by atoms with Crippen LogP contribution in [0.25, 0.3) is 11.1 Å². The predicted octanol–water partition coefficient (Wildman–Crippen LogP) is 3.97. The zero-order valence-electron chi connectivity index (χ0n) is 13.6. The van der Waals surface area contributed by atoms with E-state index in [0.717, 1.165) is 5.56 Å². The Hall–Kier alpha value is -2.02. The van der Waals surface area contributed by atoms with E-state index in [4.69, 9.17) is 4.52 Å². The van der Waals surface area contributed by atoms with E-state index in [2.05, 4.69) is 26.1 Å². The van der Waals surface area contributed by atoms with E-state index in [9.17, 15) is 9.18 Å². The Morgan fingerprint density at radius 2 is 1.96 bits per heavy atom. The largest absolute Gasteiger partial charge is 0.335 e. The average Bonchev–Trinajstić information content (AvgIpc) is 2.92. The van der Waals surface area contributed by atoms with Crippen LogP contribution in [0.5, 0.6) is 0 Å². The molecule has 1 atom stereocenters. The lowest BCUT2D eigenvalue weighted by atomic mass is 10.1. The second kappa shape index (κ2) is 6.47. The van der Waals surface area contributed by atoms with E-state index in [1.807, 2.05) is 13.8 Å². The maximum atomic E-state index is 13.1. The first-order chi connectivity index (χ1) is 11.4. The number of aryl methyl sites for hydroxylation is 1.